The molecule has 0 amide bonds. The molecule has 0 aliphatic carbocycles. The van der Waals surface area contributed by atoms with Crippen LogP contribution in [0.5, 0.6) is 0 Å². The normalized spacial score (nSPS) is 11.5. The third-order valence-electron chi connectivity index (χ3n) is 2.69. The van der Waals surface area contributed by atoms with Gasteiger partial charge in [0.15, 0.2) is 0 Å². The van der Waals surface area contributed by atoms with Gasteiger partial charge in [-0.3, -0.25) is 10.1 Å². The number of nitro benzene ring substituents is 1. The van der Waals surface area contributed by atoms with E-state index in [1.807, 2.05) is 19.9 Å². The van der Waals surface area contributed by atoms with Crippen LogP contribution in [-0.4, -0.2) is 30.7 Å². The lowest BCUT2D eigenvalue weighted by Crippen LogP contribution is -2.44. The Kier molecular flexibility index (Phi) is 5.25. The van der Waals surface area contributed by atoms with Gasteiger partial charge in [0.2, 0.25) is 0 Å². The molecule has 0 spiro atoms. The van der Waals surface area contributed by atoms with Gasteiger partial charge in [-0.2, -0.15) is 0 Å². The van der Waals surface area contributed by atoms with E-state index in [2.05, 4.69) is 5.32 Å². The van der Waals surface area contributed by atoms with Crippen molar-refractivity contribution in [3.8, 4) is 0 Å². The number of benzene rings is 1. The Morgan fingerprint density at radius 2 is 2.06 bits per heavy atom. The number of hydrogen-bond acceptors (Lipinski definition) is 4. The molecule has 0 unspecified atom stereocenters. The summed E-state index contributed by atoms with van der Waals surface area (Å²) in [6, 6.07) is 6.84. The minimum absolute atomic E-state index is 0.127. The largest absolute Gasteiger partial charge is 0.383 e. The number of nitrogens with one attached hydrogen (secondary N) is 1. The zero-order valence-corrected chi connectivity index (χ0v) is 11.1. The predicted octanol–water partition coefficient (Wildman–Crippen LogP) is 2.15. The highest BCUT2D eigenvalue weighted by Gasteiger charge is 2.17. The van der Waals surface area contributed by atoms with Crippen molar-refractivity contribution in [1.29, 1.82) is 0 Å². The summed E-state index contributed by atoms with van der Waals surface area (Å²) in [6.07, 6.45) is 0.629. The van der Waals surface area contributed by atoms with Crippen molar-refractivity contribution in [2.24, 2.45) is 0 Å². The van der Waals surface area contributed by atoms with Gasteiger partial charge in [-0.25, -0.2) is 0 Å². The molecule has 100 valence electrons. The van der Waals surface area contributed by atoms with Crippen LogP contribution in [0.4, 0.5) is 5.69 Å². The molecule has 1 aromatic carbocycles. The van der Waals surface area contributed by atoms with Gasteiger partial charge in [-0.05, 0) is 20.3 Å². The van der Waals surface area contributed by atoms with Crippen molar-refractivity contribution in [3.05, 3.63) is 39.9 Å². The molecule has 0 atom stereocenters. The van der Waals surface area contributed by atoms with Gasteiger partial charge in [0.1, 0.15) is 0 Å². The number of nitrogens with zero attached hydrogens (tertiary/aromatic N) is 1. The molecule has 5 heteroatoms. The zero-order chi connectivity index (χ0) is 13.6. The lowest BCUT2D eigenvalue weighted by molar-refractivity contribution is -0.385. The van der Waals surface area contributed by atoms with Crippen LogP contribution < -0.4 is 5.32 Å². The number of nitro groups is 1. The maximum atomic E-state index is 10.8. The van der Waals surface area contributed by atoms with E-state index in [0.717, 1.165) is 5.56 Å². The maximum absolute atomic E-state index is 10.8. The second kappa shape index (κ2) is 6.47. The second-order valence-electron chi connectivity index (χ2n) is 4.88. The van der Waals surface area contributed by atoms with Crippen molar-refractivity contribution >= 4 is 5.69 Å². The SMILES string of the molecule is COCC(C)(C)NCCc1ccccc1[N+](=O)[O-]. The van der Waals surface area contributed by atoms with Gasteiger partial charge in [0.25, 0.3) is 5.69 Å². The first kappa shape index (κ1) is 14.6. The third-order valence-corrected chi connectivity index (χ3v) is 2.69. The molecule has 0 heterocycles. The van der Waals surface area contributed by atoms with Crippen molar-refractivity contribution in [2.75, 3.05) is 20.3 Å². The Labute approximate surface area is 107 Å². The van der Waals surface area contributed by atoms with Crippen LogP contribution in [0.3, 0.4) is 0 Å². The molecule has 5 nitrogen and oxygen atoms in total. The molecule has 1 rings (SSSR count). The van der Waals surface area contributed by atoms with Gasteiger partial charge in [0.05, 0.1) is 11.5 Å². The van der Waals surface area contributed by atoms with Crippen LogP contribution in [0.15, 0.2) is 24.3 Å². The summed E-state index contributed by atoms with van der Waals surface area (Å²) in [5.41, 5.74) is 0.810. The Bertz CT molecular complexity index is 405. The number of methoxy groups -OCH3 is 1. The molecule has 0 fully saturated rings. The summed E-state index contributed by atoms with van der Waals surface area (Å²) < 4.78 is 5.10. The van der Waals surface area contributed by atoms with E-state index in [9.17, 15) is 10.1 Å². The monoisotopic (exact) mass is 252 g/mol. The number of hydrogen-bond donors (Lipinski definition) is 1. The standard InChI is InChI=1S/C13H20N2O3/c1-13(2,10-18-3)14-9-8-11-6-4-5-7-12(11)15(16)17/h4-7,14H,8-10H2,1-3H3. The van der Waals surface area contributed by atoms with Crippen LogP contribution in [-0.2, 0) is 11.2 Å². The molecular weight excluding hydrogens is 232 g/mol. The van der Waals surface area contributed by atoms with Crippen molar-refractivity contribution < 1.29 is 9.66 Å². The summed E-state index contributed by atoms with van der Waals surface area (Å²) in [5, 5.41) is 14.2. The Balaban J connectivity index is 2.56. The predicted molar refractivity (Wildman–Crippen MR) is 70.8 cm³/mol. The van der Waals surface area contributed by atoms with Gasteiger partial charge < -0.3 is 10.1 Å². The van der Waals surface area contributed by atoms with Crippen LogP contribution in [0, 0.1) is 10.1 Å². The maximum Gasteiger partial charge on any atom is 0.272 e. The zero-order valence-electron chi connectivity index (χ0n) is 11.1. The van der Waals surface area contributed by atoms with E-state index in [4.69, 9.17) is 4.74 Å². The molecule has 1 N–H and O–H groups in total. The lowest BCUT2D eigenvalue weighted by atomic mass is 10.1. The summed E-state index contributed by atoms with van der Waals surface area (Å²) in [4.78, 5) is 10.5. The average Bonchev–Trinajstić information content (AvgIpc) is 2.29. The van der Waals surface area contributed by atoms with E-state index < -0.39 is 0 Å². The highest BCUT2D eigenvalue weighted by molar-refractivity contribution is 5.39. The lowest BCUT2D eigenvalue weighted by Gasteiger charge is -2.25. The number of para-hydroxylation sites is 1. The van der Waals surface area contributed by atoms with E-state index in [1.165, 1.54) is 6.07 Å². The van der Waals surface area contributed by atoms with Crippen molar-refractivity contribution in [1.82, 2.24) is 5.32 Å². The van der Waals surface area contributed by atoms with Crippen molar-refractivity contribution in [3.63, 3.8) is 0 Å². The average molecular weight is 252 g/mol. The Morgan fingerprint density at radius 1 is 1.39 bits per heavy atom. The van der Waals surface area contributed by atoms with Gasteiger partial charge >= 0.3 is 0 Å². The van der Waals surface area contributed by atoms with Crippen LogP contribution in [0.2, 0.25) is 0 Å². The summed E-state index contributed by atoms with van der Waals surface area (Å²) in [6.45, 7) is 5.36. The first-order chi connectivity index (χ1) is 8.46. The molecule has 0 saturated heterocycles. The molecular formula is C13H20N2O3. The molecule has 0 aliphatic heterocycles. The topological polar surface area (TPSA) is 64.4 Å². The third kappa shape index (κ3) is 4.43. The second-order valence-corrected chi connectivity index (χ2v) is 4.88. The summed E-state index contributed by atoms with van der Waals surface area (Å²) >= 11 is 0. The minimum Gasteiger partial charge on any atom is -0.383 e. The molecule has 0 radical (unpaired) electrons. The van der Waals surface area contributed by atoms with E-state index >= 15 is 0 Å². The van der Waals surface area contributed by atoms with Crippen LogP contribution >= 0.6 is 0 Å². The molecule has 0 aliphatic rings. The number of ether oxygens (including phenoxy) is 1. The molecule has 0 aromatic heterocycles. The smallest absolute Gasteiger partial charge is 0.272 e. The number of rotatable bonds is 7. The van der Waals surface area contributed by atoms with Gasteiger partial charge in [-0.15, -0.1) is 0 Å². The van der Waals surface area contributed by atoms with Crippen molar-refractivity contribution in [2.45, 2.75) is 25.8 Å². The first-order valence-electron chi connectivity index (χ1n) is 5.92. The fraction of sp³-hybridized carbons (Fsp3) is 0.538. The summed E-state index contributed by atoms with van der Waals surface area (Å²) in [5.74, 6) is 0. The summed E-state index contributed by atoms with van der Waals surface area (Å²) in [7, 11) is 1.66. The Morgan fingerprint density at radius 3 is 2.67 bits per heavy atom. The molecule has 0 bridgehead atoms. The molecule has 1 aromatic rings. The van der Waals surface area contributed by atoms with E-state index in [-0.39, 0.29) is 16.1 Å². The van der Waals surface area contributed by atoms with Crippen LogP contribution in [0.25, 0.3) is 0 Å². The fourth-order valence-electron chi connectivity index (χ4n) is 1.85. The molecule has 18 heavy (non-hydrogen) atoms. The highest BCUT2D eigenvalue weighted by atomic mass is 16.6. The highest BCUT2D eigenvalue weighted by Crippen LogP contribution is 2.17. The van der Waals surface area contributed by atoms with E-state index in [1.54, 1.807) is 19.2 Å². The van der Waals surface area contributed by atoms with Gasteiger partial charge in [-0.1, -0.05) is 18.2 Å². The Hall–Kier alpha value is -1.46. The molecule has 0 saturated carbocycles. The van der Waals surface area contributed by atoms with Gasteiger partial charge in [0, 0.05) is 30.8 Å². The quantitative estimate of drug-likeness (QED) is 0.596. The van der Waals surface area contributed by atoms with Crippen LogP contribution in [0.1, 0.15) is 19.4 Å². The fourth-order valence-corrected chi connectivity index (χ4v) is 1.85. The first-order valence-corrected chi connectivity index (χ1v) is 5.92. The minimum atomic E-state index is -0.338. The van der Waals surface area contributed by atoms with E-state index in [0.29, 0.717) is 19.6 Å².